The molecule has 180 valence electrons. The number of hydrogen-bond acceptors (Lipinski definition) is 11. The van der Waals surface area contributed by atoms with Gasteiger partial charge in [-0.25, -0.2) is 14.1 Å². The zero-order valence-corrected chi connectivity index (χ0v) is 18.7. The van der Waals surface area contributed by atoms with Crippen LogP contribution >= 0.6 is 11.3 Å². The third-order valence-electron chi connectivity index (χ3n) is 5.05. The number of oxime groups is 1. The van der Waals surface area contributed by atoms with Crippen LogP contribution in [-0.4, -0.2) is 92.9 Å². The Morgan fingerprint density at radius 1 is 1.42 bits per heavy atom. The number of anilines is 1. The fraction of sp³-hybridized carbons (Fsp3) is 0.500. The monoisotopic (exact) mass is 504 g/mol. The molecule has 3 atom stereocenters. The van der Waals surface area contributed by atoms with Crippen LogP contribution in [0.1, 0.15) is 25.5 Å². The van der Waals surface area contributed by atoms with Crippen LogP contribution < -0.4 is 11.1 Å². The number of aromatic nitrogens is 1. The molecule has 0 aliphatic carbocycles. The second-order valence-electron chi connectivity index (χ2n) is 7.17. The largest absolute Gasteiger partial charge is 0.480 e. The van der Waals surface area contributed by atoms with E-state index < -0.39 is 64.4 Å². The van der Waals surface area contributed by atoms with Crippen LogP contribution in [0.4, 0.5) is 5.13 Å². The van der Waals surface area contributed by atoms with Crippen molar-refractivity contribution in [1.29, 1.82) is 0 Å². The first-order chi connectivity index (χ1) is 15.4. The van der Waals surface area contributed by atoms with E-state index >= 15 is 0 Å². The van der Waals surface area contributed by atoms with Crippen LogP contribution in [0.3, 0.4) is 0 Å². The molecule has 0 aromatic carbocycles. The van der Waals surface area contributed by atoms with Gasteiger partial charge in [0.25, 0.3) is 17.7 Å². The zero-order valence-electron chi connectivity index (χ0n) is 17.1. The molecule has 1 aromatic heterocycles. The molecule has 2 saturated heterocycles. The van der Waals surface area contributed by atoms with Gasteiger partial charge in [-0.05, 0) is 19.8 Å². The lowest BCUT2D eigenvalue weighted by molar-refractivity contribution is -0.150. The van der Waals surface area contributed by atoms with Gasteiger partial charge in [-0.3, -0.25) is 18.9 Å². The molecule has 0 spiro atoms. The molecule has 0 unspecified atom stereocenters. The summed E-state index contributed by atoms with van der Waals surface area (Å²) in [6.07, 6.45) is 0.830. The fourth-order valence-electron chi connectivity index (χ4n) is 3.47. The number of carbonyl (C=O) groups is 4. The van der Waals surface area contributed by atoms with Crippen molar-refractivity contribution < 1.29 is 42.1 Å². The molecule has 5 N–H and O–H groups in total. The van der Waals surface area contributed by atoms with E-state index in [-0.39, 0.29) is 21.7 Å². The van der Waals surface area contributed by atoms with Gasteiger partial charge in [0.2, 0.25) is 0 Å². The van der Waals surface area contributed by atoms with Crippen LogP contribution in [0.15, 0.2) is 10.5 Å². The topological polar surface area (TPSA) is 222 Å². The minimum atomic E-state index is -4.78. The SMILES string of the molecule is C[C@H]1[C@H](NC(=O)/C(=N\OCC(=O)N2CCC[C@@H]2C(=O)O)c2csc(N)n2)C(=O)N1S(=O)(=O)O. The number of amides is 3. The van der Waals surface area contributed by atoms with Gasteiger partial charge in [0.05, 0.1) is 6.04 Å². The van der Waals surface area contributed by atoms with E-state index in [1.807, 2.05) is 0 Å². The molecule has 17 heteroatoms. The van der Waals surface area contributed by atoms with Crippen LogP contribution in [0.25, 0.3) is 0 Å². The number of carbonyl (C=O) groups excluding carboxylic acids is 3. The second kappa shape index (κ2) is 9.28. The number of hydrogen-bond donors (Lipinski definition) is 4. The van der Waals surface area contributed by atoms with E-state index in [1.165, 1.54) is 12.3 Å². The number of carboxylic acid groups (broad SMARTS) is 1. The van der Waals surface area contributed by atoms with Crippen molar-refractivity contribution in [1.82, 2.24) is 19.5 Å². The van der Waals surface area contributed by atoms with Gasteiger partial charge in [0, 0.05) is 11.9 Å². The summed E-state index contributed by atoms with van der Waals surface area (Å²) in [6, 6.07) is -3.31. The molecule has 1 aromatic rings. The number of carboxylic acids is 1. The van der Waals surface area contributed by atoms with E-state index in [2.05, 4.69) is 15.5 Å². The number of nitrogen functional groups attached to an aromatic ring is 1. The Morgan fingerprint density at radius 2 is 2.12 bits per heavy atom. The highest BCUT2D eigenvalue weighted by molar-refractivity contribution is 7.84. The summed E-state index contributed by atoms with van der Waals surface area (Å²) in [7, 11) is -4.78. The number of aliphatic carboxylic acids is 1. The lowest BCUT2D eigenvalue weighted by Crippen LogP contribution is -2.71. The highest BCUT2D eigenvalue weighted by atomic mass is 32.2. The smallest absolute Gasteiger partial charge is 0.362 e. The molecule has 15 nitrogen and oxygen atoms in total. The second-order valence-corrected chi connectivity index (χ2v) is 9.35. The molecular weight excluding hydrogens is 484 g/mol. The van der Waals surface area contributed by atoms with Crippen molar-refractivity contribution in [3.05, 3.63) is 11.1 Å². The summed E-state index contributed by atoms with van der Waals surface area (Å²) < 4.78 is 31.7. The summed E-state index contributed by atoms with van der Waals surface area (Å²) >= 11 is 0.980. The summed E-state index contributed by atoms with van der Waals surface area (Å²) in [5, 5.41) is 16.5. The van der Waals surface area contributed by atoms with Crippen LogP contribution in [0.5, 0.6) is 0 Å². The first-order valence-corrected chi connectivity index (χ1v) is 11.7. The van der Waals surface area contributed by atoms with Crippen molar-refractivity contribution in [2.24, 2.45) is 5.16 Å². The Morgan fingerprint density at radius 3 is 2.67 bits per heavy atom. The van der Waals surface area contributed by atoms with Gasteiger partial charge < -0.3 is 25.9 Å². The summed E-state index contributed by atoms with van der Waals surface area (Å²) in [4.78, 5) is 58.3. The number of nitrogens with one attached hydrogen (secondary N) is 1. The number of nitrogens with zero attached hydrogens (tertiary/aromatic N) is 4. The standard InChI is InChI=1S/C16H20N6O9S2/c1-7-11(14(25)22(7)33(28,29)30)19-13(24)12(8-6-32-16(17)18-8)20-31-5-10(23)21-4-2-3-9(21)15(26)27/h6-7,9,11H,2-5H2,1H3,(H2,17,18)(H,19,24)(H,26,27)(H,28,29,30)/b20-12-/t7-,9+,11-/m0/s1. The van der Waals surface area contributed by atoms with Gasteiger partial charge >= 0.3 is 16.3 Å². The zero-order chi connectivity index (χ0) is 24.5. The summed E-state index contributed by atoms with van der Waals surface area (Å²) in [6.45, 7) is 0.877. The lowest BCUT2D eigenvalue weighted by Gasteiger charge is -2.42. The Hall–Kier alpha value is -3.31. The molecule has 3 amide bonds. The van der Waals surface area contributed by atoms with Gasteiger partial charge in [-0.15, -0.1) is 11.3 Å². The predicted octanol–water partition coefficient (Wildman–Crippen LogP) is -1.96. The molecule has 2 aliphatic heterocycles. The predicted molar refractivity (Wildman–Crippen MR) is 111 cm³/mol. The maximum Gasteiger partial charge on any atom is 0.362 e. The van der Waals surface area contributed by atoms with Gasteiger partial charge in [-0.1, -0.05) is 5.16 Å². The summed E-state index contributed by atoms with van der Waals surface area (Å²) in [5.74, 6) is -3.81. The molecule has 0 radical (unpaired) electrons. The quantitative estimate of drug-likeness (QED) is 0.132. The first kappa shape index (κ1) is 24.3. The van der Waals surface area contributed by atoms with E-state index in [1.54, 1.807) is 0 Å². The molecule has 0 saturated carbocycles. The molecule has 3 rings (SSSR count). The highest BCUT2D eigenvalue weighted by Gasteiger charge is 2.51. The van der Waals surface area contributed by atoms with Crippen molar-refractivity contribution in [2.75, 3.05) is 18.9 Å². The fourth-order valence-corrected chi connectivity index (χ4v) is 4.90. The molecule has 33 heavy (non-hydrogen) atoms. The third-order valence-corrected chi connectivity index (χ3v) is 6.74. The van der Waals surface area contributed by atoms with Gasteiger partial charge in [0.15, 0.2) is 17.5 Å². The van der Waals surface area contributed by atoms with Gasteiger partial charge in [0.1, 0.15) is 17.8 Å². The minimum absolute atomic E-state index is 0.0295. The maximum absolute atomic E-state index is 12.7. The normalized spacial score (nSPS) is 23.3. The van der Waals surface area contributed by atoms with Crippen LogP contribution in [-0.2, 0) is 34.3 Å². The Bertz CT molecular complexity index is 1120. The number of rotatable bonds is 8. The number of likely N-dealkylation sites (tertiary alicyclic amines) is 1. The Balaban J connectivity index is 1.71. The molecule has 0 bridgehead atoms. The average molecular weight is 505 g/mol. The average Bonchev–Trinajstić information content (AvgIpc) is 3.37. The van der Waals surface area contributed by atoms with E-state index in [0.717, 1.165) is 16.2 Å². The van der Waals surface area contributed by atoms with Crippen molar-refractivity contribution in [3.8, 4) is 0 Å². The number of nitrogens with two attached hydrogens (primary N) is 1. The highest BCUT2D eigenvalue weighted by Crippen LogP contribution is 2.23. The first-order valence-electron chi connectivity index (χ1n) is 9.47. The Kier molecular flexibility index (Phi) is 6.84. The maximum atomic E-state index is 12.7. The van der Waals surface area contributed by atoms with Crippen LogP contribution in [0, 0.1) is 0 Å². The van der Waals surface area contributed by atoms with Crippen LogP contribution in [0.2, 0.25) is 0 Å². The molecule has 2 aliphatic rings. The van der Waals surface area contributed by atoms with E-state index in [4.69, 9.17) is 15.1 Å². The third kappa shape index (κ3) is 5.04. The Labute approximate surface area is 191 Å². The minimum Gasteiger partial charge on any atom is -0.480 e. The number of β-lactam (4-membered cyclic amide) rings is 1. The van der Waals surface area contributed by atoms with Crippen molar-refractivity contribution >= 4 is 56.2 Å². The number of thiazole rings is 1. The van der Waals surface area contributed by atoms with E-state index in [0.29, 0.717) is 12.8 Å². The van der Waals surface area contributed by atoms with E-state index in [9.17, 15) is 32.7 Å². The summed E-state index contributed by atoms with van der Waals surface area (Å²) in [5.41, 5.74) is 5.10. The lowest BCUT2D eigenvalue weighted by atomic mass is 10.0. The van der Waals surface area contributed by atoms with Crippen molar-refractivity contribution in [2.45, 2.75) is 37.9 Å². The van der Waals surface area contributed by atoms with Crippen molar-refractivity contribution in [3.63, 3.8) is 0 Å². The molecule has 3 heterocycles. The molecule has 2 fully saturated rings. The van der Waals surface area contributed by atoms with Gasteiger partial charge in [-0.2, -0.15) is 8.42 Å². The molecular formula is C16H20N6O9S2.